The molecule has 7 nitrogen and oxygen atoms in total. The van der Waals surface area contributed by atoms with Crippen molar-refractivity contribution in [3.8, 4) is 0 Å². The van der Waals surface area contributed by atoms with Gasteiger partial charge in [-0.2, -0.15) is 0 Å². The van der Waals surface area contributed by atoms with Crippen LogP contribution in [-0.4, -0.2) is 86.5 Å². The number of sulfone groups is 1. The molecule has 1 unspecified atom stereocenters. The molecule has 0 radical (unpaired) electrons. The maximum atomic E-state index is 13.3. The minimum Gasteiger partial charge on any atom is -0.340 e. The topological polar surface area (TPSA) is 78.0 Å². The standard InChI is InChI=1S/C37H46ClN3O4S/c1-3-41(36(42)27-28-9-15-34(16-10-28)46(2,44)45)33-19-22-39(23-20-33)24-21-35(29-7-5-4-6-8-29)30-17-25-40(26-18-30)37(43)31-11-13-32(38)14-12-31/h4-16,30,33,35H,3,17-27H2,1-2H3. The highest BCUT2D eigenvalue weighted by molar-refractivity contribution is 7.90. The lowest BCUT2D eigenvalue weighted by atomic mass is 9.78. The number of likely N-dealkylation sites (tertiary alicyclic amines) is 2. The van der Waals surface area contributed by atoms with Gasteiger partial charge in [0.15, 0.2) is 9.84 Å². The van der Waals surface area contributed by atoms with Crippen LogP contribution in [0.3, 0.4) is 0 Å². The van der Waals surface area contributed by atoms with Crippen LogP contribution < -0.4 is 0 Å². The molecule has 2 amide bonds. The summed E-state index contributed by atoms with van der Waals surface area (Å²) in [6.45, 7) is 7.19. The summed E-state index contributed by atoms with van der Waals surface area (Å²) >= 11 is 6.02. The van der Waals surface area contributed by atoms with Crippen LogP contribution in [0.5, 0.6) is 0 Å². The number of benzene rings is 3. The molecule has 2 aliphatic heterocycles. The Kier molecular flexibility index (Phi) is 11.6. The van der Waals surface area contributed by atoms with E-state index in [0.29, 0.717) is 29.0 Å². The van der Waals surface area contributed by atoms with Crippen LogP contribution in [0.4, 0.5) is 0 Å². The highest BCUT2D eigenvalue weighted by Crippen LogP contribution is 2.36. The quantitative estimate of drug-likeness (QED) is 0.240. The largest absolute Gasteiger partial charge is 0.340 e. The zero-order chi connectivity index (χ0) is 32.7. The Labute approximate surface area is 279 Å². The Hall–Kier alpha value is -3.20. The molecule has 1 atom stereocenters. The number of rotatable bonds is 11. The zero-order valence-corrected chi connectivity index (χ0v) is 28.6. The summed E-state index contributed by atoms with van der Waals surface area (Å²) < 4.78 is 23.6. The highest BCUT2D eigenvalue weighted by atomic mass is 35.5. The van der Waals surface area contributed by atoms with E-state index >= 15 is 0 Å². The van der Waals surface area contributed by atoms with Crippen LogP contribution in [-0.2, 0) is 21.1 Å². The summed E-state index contributed by atoms with van der Waals surface area (Å²) in [6, 6.07) is 24.9. The van der Waals surface area contributed by atoms with Crippen molar-refractivity contribution >= 4 is 33.3 Å². The number of likely N-dealkylation sites (N-methyl/N-ethyl adjacent to an activating group) is 1. The predicted molar refractivity (Wildman–Crippen MR) is 184 cm³/mol. The van der Waals surface area contributed by atoms with E-state index < -0.39 is 9.84 Å². The lowest BCUT2D eigenvalue weighted by molar-refractivity contribution is -0.133. The minimum absolute atomic E-state index is 0.0821. The van der Waals surface area contributed by atoms with Crippen molar-refractivity contribution in [3.63, 3.8) is 0 Å². The molecule has 2 heterocycles. The smallest absolute Gasteiger partial charge is 0.253 e. The molecule has 5 rings (SSSR count). The molecule has 2 saturated heterocycles. The lowest BCUT2D eigenvalue weighted by Crippen LogP contribution is -2.48. The van der Waals surface area contributed by atoms with E-state index in [1.165, 1.54) is 11.8 Å². The zero-order valence-electron chi connectivity index (χ0n) is 27.0. The number of carbonyl (C=O) groups is 2. The highest BCUT2D eigenvalue weighted by Gasteiger charge is 2.31. The minimum atomic E-state index is -3.26. The molecule has 9 heteroatoms. The average Bonchev–Trinajstić information content (AvgIpc) is 3.06. The summed E-state index contributed by atoms with van der Waals surface area (Å²) in [5, 5.41) is 0.637. The Balaban J connectivity index is 1.13. The number of piperidine rings is 2. The third-order valence-electron chi connectivity index (χ3n) is 9.84. The molecule has 0 N–H and O–H groups in total. The van der Waals surface area contributed by atoms with Gasteiger partial charge in [0.2, 0.25) is 5.91 Å². The second-order valence-electron chi connectivity index (χ2n) is 12.8. The average molecular weight is 664 g/mol. The summed E-state index contributed by atoms with van der Waals surface area (Å²) in [6.07, 6.45) is 6.43. The number of carbonyl (C=O) groups excluding carboxylic acids is 2. The Morgan fingerprint density at radius 1 is 0.870 bits per heavy atom. The molecule has 46 heavy (non-hydrogen) atoms. The molecule has 3 aromatic carbocycles. The van der Waals surface area contributed by atoms with Crippen LogP contribution in [0, 0.1) is 5.92 Å². The second kappa shape index (κ2) is 15.6. The third kappa shape index (κ3) is 8.78. The van der Waals surface area contributed by atoms with E-state index in [0.717, 1.165) is 70.4 Å². The van der Waals surface area contributed by atoms with Gasteiger partial charge in [0.25, 0.3) is 5.91 Å². The molecule has 2 aliphatic rings. The molecule has 2 fully saturated rings. The van der Waals surface area contributed by atoms with Crippen molar-refractivity contribution in [2.75, 3.05) is 45.5 Å². The van der Waals surface area contributed by atoms with E-state index in [1.807, 2.05) is 28.9 Å². The number of amides is 2. The van der Waals surface area contributed by atoms with Crippen LogP contribution >= 0.6 is 11.6 Å². The van der Waals surface area contributed by atoms with Gasteiger partial charge in [0.05, 0.1) is 11.3 Å². The van der Waals surface area contributed by atoms with E-state index in [-0.39, 0.29) is 29.2 Å². The van der Waals surface area contributed by atoms with Crippen molar-refractivity contribution in [3.05, 3.63) is 101 Å². The van der Waals surface area contributed by atoms with E-state index in [9.17, 15) is 18.0 Å². The molecular formula is C37H46ClN3O4S. The molecule has 246 valence electrons. The Morgan fingerprint density at radius 3 is 2.09 bits per heavy atom. The maximum Gasteiger partial charge on any atom is 0.253 e. The molecule has 0 aromatic heterocycles. The lowest BCUT2D eigenvalue weighted by Gasteiger charge is -2.40. The molecule has 3 aromatic rings. The van der Waals surface area contributed by atoms with Crippen LogP contribution in [0.15, 0.2) is 83.8 Å². The molecule has 0 saturated carbocycles. The fraction of sp³-hybridized carbons (Fsp3) is 0.459. The van der Waals surface area contributed by atoms with E-state index in [2.05, 4.69) is 35.2 Å². The van der Waals surface area contributed by atoms with Gasteiger partial charge in [-0.25, -0.2) is 8.42 Å². The van der Waals surface area contributed by atoms with Crippen molar-refractivity contribution in [2.24, 2.45) is 5.92 Å². The third-order valence-corrected chi connectivity index (χ3v) is 11.2. The van der Waals surface area contributed by atoms with Gasteiger partial charge >= 0.3 is 0 Å². The van der Waals surface area contributed by atoms with E-state index in [4.69, 9.17) is 11.6 Å². The van der Waals surface area contributed by atoms with Crippen LogP contribution in [0.1, 0.15) is 66.4 Å². The van der Waals surface area contributed by atoms with Gasteiger partial charge in [-0.3, -0.25) is 9.59 Å². The second-order valence-corrected chi connectivity index (χ2v) is 15.2. The normalized spacial score (nSPS) is 17.5. The Bertz CT molecular complexity index is 1550. The number of halogens is 1. The van der Waals surface area contributed by atoms with Gasteiger partial charge < -0.3 is 14.7 Å². The van der Waals surface area contributed by atoms with Crippen molar-refractivity contribution in [2.45, 2.75) is 62.3 Å². The number of hydrogen-bond acceptors (Lipinski definition) is 5. The van der Waals surface area contributed by atoms with Gasteiger partial charge in [0, 0.05) is 55.6 Å². The van der Waals surface area contributed by atoms with Crippen molar-refractivity contribution < 1.29 is 18.0 Å². The molecule has 0 spiro atoms. The van der Waals surface area contributed by atoms with Crippen LogP contribution in [0.25, 0.3) is 0 Å². The van der Waals surface area contributed by atoms with E-state index in [1.54, 1.807) is 36.4 Å². The van der Waals surface area contributed by atoms with Crippen molar-refractivity contribution in [1.82, 2.24) is 14.7 Å². The SMILES string of the molecule is CCN(C(=O)Cc1ccc(S(C)(=O)=O)cc1)C1CCN(CCC(c2ccccc2)C2CCN(C(=O)c3ccc(Cl)cc3)CC2)CC1. The number of hydrogen-bond donors (Lipinski definition) is 0. The van der Waals surface area contributed by atoms with Gasteiger partial charge in [0.1, 0.15) is 0 Å². The van der Waals surface area contributed by atoms with Crippen LogP contribution in [0.2, 0.25) is 5.02 Å². The first-order valence-corrected chi connectivity index (χ1v) is 18.8. The summed E-state index contributed by atoms with van der Waals surface area (Å²) in [5.74, 6) is 1.14. The fourth-order valence-corrected chi connectivity index (χ4v) is 7.96. The maximum absolute atomic E-state index is 13.3. The fourth-order valence-electron chi connectivity index (χ4n) is 7.20. The summed E-state index contributed by atoms with van der Waals surface area (Å²) in [5.41, 5.74) is 2.91. The van der Waals surface area contributed by atoms with Gasteiger partial charge in [-0.05, 0) is 105 Å². The van der Waals surface area contributed by atoms with Gasteiger partial charge in [-0.15, -0.1) is 0 Å². The molecule has 0 aliphatic carbocycles. The molecular weight excluding hydrogens is 618 g/mol. The number of nitrogens with zero attached hydrogens (tertiary/aromatic N) is 3. The first kappa shape index (κ1) is 34.1. The summed E-state index contributed by atoms with van der Waals surface area (Å²) in [7, 11) is -3.26. The summed E-state index contributed by atoms with van der Waals surface area (Å²) in [4.78, 5) is 33.2. The van der Waals surface area contributed by atoms with Crippen molar-refractivity contribution in [1.29, 1.82) is 0 Å². The Morgan fingerprint density at radius 2 is 1.50 bits per heavy atom. The molecule has 0 bridgehead atoms. The monoisotopic (exact) mass is 663 g/mol. The first-order valence-electron chi connectivity index (χ1n) is 16.5. The first-order chi connectivity index (χ1) is 22.1. The predicted octanol–water partition coefficient (Wildman–Crippen LogP) is 6.33. The van der Waals surface area contributed by atoms with Gasteiger partial charge in [-0.1, -0.05) is 54.1 Å².